The zero-order valence-corrected chi connectivity index (χ0v) is 13.5. The Hall–Kier alpha value is -1.26. The van der Waals surface area contributed by atoms with Crippen LogP contribution in [0.15, 0.2) is 0 Å². The fourth-order valence-electron chi connectivity index (χ4n) is 3.35. The third kappa shape index (κ3) is 3.50. The second-order valence-corrected chi connectivity index (χ2v) is 7.82. The van der Waals surface area contributed by atoms with Crippen LogP contribution in [0.2, 0.25) is 0 Å². The molecule has 0 aliphatic heterocycles. The van der Waals surface area contributed by atoms with Crippen molar-refractivity contribution in [3.8, 4) is 0 Å². The van der Waals surface area contributed by atoms with Gasteiger partial charge in [0.15, 0.2) is 0 Å². The molecule has 0 aromatic heterocycles. The number of amides is 2. The van der Waals surface area contributed by atoms with Gasteiger partial charge in [-0.25, -0.2) is 4.79 Å². The molecule has 3 N–H and O–H groups in total. The van der Waals surface area contributed by atoms with E-state index in [0.29, 0.717) is 11.8 Å². The summed E-state index contributed by atoms with van der Waals surface area (Å²) in [5, 5.41) is 15.3. The van der Waals surface area contributed by atoms with Crippen LogP contribution in [-0.2, 0) is 4.79 Å². The molecule has 0 aromatic carbocycles. The van der Waals surface area contributed by atoms with Crippen LogP contribution in [0.3, 0.4) is 0 Å². The maximum atomic E-state index is 12.0. The van der Waals surface area contributed by atoms with Crippen molar-refractivity contribution in [2.75, 3.05) is 6.54 Å². The molecule has 2 amide bonds. The number of rotatable bonds is 4. The monoisotopic (exact) mass is 296 g/mol. The minimum absolute atomic E-state index is 0.0441. The first kappa shape index (κ1) is 16.1. The third-order valence-electron chi connectivity index (χ3n) is 5.84. The quantitative estimate of drug-likeness (QED) is 0.746. The predicted molar refractivity (Wildman–Crippen MR) is 81.0 cm³/mol. The van der Waals surface area contributed by atoms with Crippen LogP contribution in [-0.4, -0.2) is 29.7 Å². The molecule has 2 aliphatic rings. The van der Waals surface area contributed by atoms with Crippen molar-refractivity contribution in [1.29, 1.82) is 0 Å². The van der Waals surface area contributed by atoms with E-state index in [2.05, 4.69) is 17.6 Å². The van der Waals surface area contributed by atoms with Gasteiger partial charge >= 0.3 is 12.0 Å². The highest BCUT2D eigenvalue weighted by Crippen LogP contribution is 2.45. The zero-order valence-electron chi connectivity index (χ0n) is 13.5. The number of carbonyl (C=O) groups excluding carboxylic acids is 1. The SMILES string of the molecule is CC1C(NC(=O)NCC2(C)CC2)CCC(C(=O)O)C1(C)C. The lowest BCUT2D eigenvalue weighted by atomic mass is 9.61. The summed E-state index contributed by atoms with van der Waals surface area (Å²) < 4.78 is 0. The van der Waals surface area contributed by atoms with Gasteiger partial charge < -0.3 is 15.7 Å². The van der Waals surface area contributed by atoms with Crippen molar-refractivity contribution in [3.63, 3.8) is 0 Å². The van der Waals surface area contributed by atoms with E-state index in [4.69, 9.17) is 0 Å². The summed E-state index contributed by atoms with van der Waals surface area (Å²) in [6.45, 7) is 8.93. The third-order valence-corrected chi connectivity index (χ3v) is 5.84. The number of hydrogen-bond donors (Lipinski definition) is 3. The molecule has 5 heteroatoms. The van der Waals surface area contributed by atoms with E-state index in [1.807, 2.05) is 20.8 Å². The molecule has 2 aliphatic carbocycles. The van der Waals surface area contributed by atoms with Crippen molar-refractivity contribution in [1.82, 2.24) is 10.6 Å². The summed E-state index contributed by atoms with van der Waals surface area (Å²) >= 11 is 0. The van der Waals surface area contributed by atoms with Crippen molar-refractivity contribution in [3.05, 3.63) is 0 Å². The Kier molecular flexibility index (Phi) is 4.22. The van der Waals surface area contributed by atoms with Gasteiger partial charge in [0.2, 0.25) is 0 Å². The molecule has 3 unspecified atom stereocenters. The smallest absolute Gasteiger partial charge is 0.315 e. The highest BCUT2D eigenvalue weighted by atomic mass is 16.4. The molecule has 0 saturated heterocycles. The van der Waals surface area contributed by atoms with Gasteiger partial charge in [-0.1, -0.05) is 27.7 Å². The number of hydrogen-bond acceptors (Lipinski definition) is 2. The lowest BCUT2D eigenvalue weighted by Crippen LogP contribution is -2.54. The molecule has 2 rings (SSSR count). The van der Waals surface area contributed by atoms with Crippen LogP contribution in [0.4, 0.5) is 4.79 Å². The van der Waals surface area contributed by atoms with Gasteiger partial charge in [-0.2, -0.15) is 0 Å². The molecule has 0 aromatic rings. The number of aliphatic carboxylic acids is 1. The topological polar surface area (TPSA) is 78.4 Å². The summed E-state index contributed by atoms with van der Waals surface area (Å²) in [5.74, 6) is -0.926. The van der Waals surface area contributed by atoms with E-state index in [1.165, 1.54) is 12.8 Å². The Bertz CT molecular complexity index is 429. The maximum absolute atomic E-state index is 12.0. The second-order valence-electron chi connectivity index (χ2n) is 7.82. The van der Waals surface area contributed by atoms with Gasteiger partial charge in [0.25, 0.3) is 0 Å². The number of carboxylic acids is 1. The molecule has 21 heavy (non-hydrogen) atoms. The van der Waals surface area contributed by atoms with Crippen LogP contribution >= 0.6 is 0 Å². The molecule has 3 atom stereocenters. The van der Waals surface area contributed by atoms with E-state index < -0.39 is 5.97 Å². The van der Waals surface area contributed by atoms with Crippen LogP contribution in [0, 0.1) is 22.7 Å². The first-order valence-corrected chi connectivity index (χ1v) is 7.93. The van der Waals surface area contributed by atoms with E-state index >= 15 is 0 Å². The van der Waals surface area contributed by atoms with Gasteiger partial charge in [-0.15, -0.1) is 0 Å². The van der Waals surface area contributed by atoms with Crippen LogP contribution in [0.25, 0.3) is 0 Å². The summed E-state index contributed by atoms with van der Waals surface area (Å²) in [5.41, 5.74) is -0.0201. The normalized spacial score (nSPS) is 33.0. The second kappa shape index (κ2) is 5.50. The fraction of sp³-hybridized carbons (Fsp3) is 0.875. The molecule has 0 radical (unpaired) electrons. The van der Waals surface area contributed by atoms with Crippen LogP contribution in [0.5, 0.6) is 0 Å². The van der Waals surface area contributed by atoms with Gasteiger partial charge in [0, 0.05) is 12.6 Å². The van der Waals surface area contributed by atoms with Gasteiger partial charge in [0.05, 0.1) is 5.92 Å². The number of nitrogens with one attached hydrogen (secondary N) is 2. The minimum Gasteiger partial charge on any atom is -0.481 e. The summed E-state index contributed by atoms with van der Waals surface area (Å²) in [6.07, 6.45) is 3.71. The predicted octanol–water partition coefficient (Wildman–Crippen LogP) is 2.61. The highest BCUT2D eigenvalue weighted by molar-refractivity contribution is 5.74. The van der Waals surface area contributed by atoms with E-state index in [-0.39, 0.29) is 29.3 Å². The van der Waals surface area contributed by atoms with Crippen molar-refractivity contribution in [2.45, 2.75) is 59.4 Å². The zero-order chi connectivity index (χ0) is 15.8. The maximum Gasteiger partial charge on any atom is 0.315 e. The Morgan fingerprint density at radius 1 is 1.19 bits per heavy atom. The molecule has 5 nitrogen and oxygen atoms in total. The first-order chi connectivity index (χ1) is 9.66. The lowest BCUT2D eigenvalue weighted by Gasteiger charge is -2.46. The van der Waals surface area contributed by atoms with E-state index in [9.17, 15) is 14.7 Å². The van der Waals surface area contributed by atoms with E-state index in [0.717, 1.165) is 13.0 Å². The van der Waals surface area contributed by atoms with Gasteiger partial charge in [-0.05, 0) is 42.4 Å². The molecular weight excluding hydrogens is 268 g/mol. The molecular formula is C16H28N2O3. The summed E-state index contributed by atoms with van der Waals surface area (Å²) in [4.78, 5) is 23.4. The Morgan fingerprint density at radius 2 is 1.81 bits per heavy atom. The largest absolute Gasteiger partial charge is 0.481 e. The van der Waals surface area contributed by atoms with Crippen molar-refractivity contribution in [2.24, 2.45) is 22.7 Å². The van der Waals surface area contributed by atoms with Gasteiger partial charge in [-0.3, -0.25) is 4.79 Å². The summed E-state index contributed by atoms with van der Waals surface area (Å²) in [7, 11) is 0. The van der Waals surface area contributed by atoms with Crippen LogP contribution in [0.1, 0.15) is 53.4 Å². The molecule has 0 bridgehead atoms. The number of carbonyl (C=O) groups is 2. The Labute approximate surface area is 126 Å². The first-order valence-electron chi connectivity index (χ1n) is 7.93. The molecule has 2 fully saturated rings. The Balaban J connectivity index is 1.89. The van der Waals surface area contributed by atoms with Crippen molar-refractivity contribution < 1.29 is 14.7 Å². The average Bonchev–Trinajstić information content (AvgIpc) is 3.11. The van der Waals surface area contributed by atoms with E-state index in [1.54, 1.807) is 0 Å². The van der Waals surface area contributed by atoms with Crippen molar-refractivity contribution >= 4 is 12.0 Å². The molecule has 0 spiro atoms. The standard InChI is InChI=1S/C16H28N2O3/c1-10-12(6-5-11(13(19)20)15(10,2)3)18-14(21)17-9-16(4)7-8-16/h10-12H,5-9H2,1-4H3,(H,19,20)(H2,17,18,21). The molecule has 0 heterocycles. The molecule has 2 saturated carbocycles. The summed E-state index contributed by atoms with van der Waals surface area (Å²) in [6, 6.07) is -0.0767. The van der Waals surface area contributed by atoms with Crippen LogP contribution < -0.4 is 10.6 Å². The van der Waals surface area contributed by atoms with Gasteiger partial charge in [0.1, 0.15) is 0 Å². The molecule has 120 valence electrons. The lowest BCUT2D eigenvalue weighted by molar-refractivity contribution is -0.150. The fourth-order valence-corrected chi connectivity index (χ4v) is 3.35. The highest BCUT2D eigenvalue weighted by Gasteiger charge is 2.46. The Morgan fingerprint density at radius 3 is 2.33 bits per heavy atom. The number of carboxylic acid groups (broad SMARTS) is 1. The minimum atomic E-state index is -0.726. The number of urea groups is 1. The average molecular weight is 296 g/mol.